The van der Waals surface area contributed by atoms with Crippen LogP contribution in [0.1, 0.15) is 46.4 Å². The summed E-state index contributed by atoms with van der Waals surface area (Å²) in [6, 6.07) is 12.6. The van der Waals surface area contributed by atoms with E-state index < -0.39 is 6.09 Å². The minimum atomic E-state index is -0.624. The van der Waals surface area contributed by atoms with Crippen LogP contribution >= 0.6 is 0 Å². The molecule has 0 spiro atoms. The van der Waals surface area contributed by atoms with Crippen LogP contribution in [-0.2, 0) is 25.3 Å². The molecule has 0 bridgehead atoms. The number of aromatic nitrogens is 2. The normalized spacial score (nSPS) is 16.1. The zero-order valence-electron chi connectivity index (χ0n) is 22.1. The van der Waals surface area contributed by atoms with Crippen LogP contribution < -0.4 is 16.1 Å². The molecule has 2 heterocycles. The number of rotatable bonds is 9. The number of alkyl carbamates (subject to hydrolysis) is 1. The summed E-state index contributed by atoms with van der Waals surface area (Å²) in [6.07, 6.45) is 3.69. The lowest BCUT2D eigenvalue weighted by atomic mass is 9.78. The van der Waals surface area contributed by atoms with Gasteiger partial charge in [-0.2, -0.15) is 0 Å². The molecular formula is C27H35BN4O5. The van der Waals surface area contributed by atoms with Crippen molar-refractivity contribution in [3.63, 3.8) is 0 Å². The zero-order chi connectivity index (χ0) is 26.6. The number of carbonyl (C=O) groups is 2. The third-order valence-electron chi connectivity index (χ3n) is 7.07. The van der Waals surface area contributed by atoms with Gasteiger partial charge in [-0.15, -0.1) is 0 Å². The molecule has 196 valence electrons. The first kappa shape index (κ1) is 26.7. The van der Waals surface area contributed by atoms with Crippen molar-refractivity contribution in [1.82, 2.24) is 20.6 Å². The number of nitrogens with zero attached hydrogens (tertiary/aromatic N) is 1. The van der Waals surface area contributed by atoms with Gasteiger partial charge in [0.1, 0.15) is 5.82 Å². The third kappa shape index (κ3) is 6.32. The number of nitrogens with one attached hydrogen (secondary N) is 3. The predicted molar refractivity (Wildman–Crippen MR) is 144 cm³/mol. The Kier molecular flexibility index (Phi) is 7.89. The van der Waals surface area contributed by atoms with E-state index in [1.807, 2.05) is 6.20 Å². The minimum Gasteiger partial charge on any atom is -0.453 e. The van der Waals surface area contributed by atoms with Gasteiger partial charge in [-0.3, -0.25) is 4.79 Å². The number of amides is 2. The fourth-order valence-corrected chi connectivity index (χ4v) is 4.13. The van der Waals surface area contributed by atoms with Crippen LogP contribution in [0.5, 0.6) is 0 Å². The summed E-state index contributed by atoms with van der Waals surface area (Å²) in [5.74, 6) is 0.662. The molecule has 0 atom stereocenters. The molecule has 2 aromatic carbocycles. The van der Waals surface area contributed by atoms with E-state index in [1.165, 1.54) is 7.11 Å². The van der Waals surface area contributed by atoms with Crippen molar-refractivity contribution in [2.24, 2.45) is 0 Å². The maximum atomic E-state index is 11.7. The highest BCUT2D eigenvalue weighted by Crippen LogP contribution is 2.36. The topological polar surface area (TPSA) is 115 Å². The number of aromatic amines is 1. The number of ether oxygens (including phenoxy) is 1. The summed E-state index contributed by atoms with van der Waals surface area (Å²) in [6.45, 7) is 8.68. The van der Waals surface area contributed by atoms with E-state index in [0.717, 1.165) is 52.6 Å². The highest BCUT2D eigenvalue weighted by Gasteiger charge is 2.51. The third-order valence-corrected chi connectivity index (χ3v) is 7.07. The molecule has 1 fully saturated rings. The number of carbonyl (C=O) groups excluding carboxylic acids is 2. The van der Waals surface area contributed by atoms with Gasteiger partial charge in [0.15, 0.2) is 0 Å². The Morgan fingerprint density at radius 1 is 1.00 bits per heavy atom. The molecule has 10 heteroatoms. The average Bonchev–Trinajstić information content (AvgIpc) is 3.42. The van der Waals surface area contributed by atoms with E-state index in [2.05, 4.69) is 89.4 Å². The molecule has 2 amide bonds. The SMILES string of the molecule is COC(=O)NCC(=O)NCCCCc1ncc(-c2ccc3cc(B4OC(C)(C)C(C)(C)O4)ccc3c2)[nH]1. The van der Waals surface area contributed by atoms with Gasteiger partial charge in [0.2, 0.25) is 5.91 Å². The molecule has 3 aromatic rings. The Balaban J connectivity index is 1.30. The fraction of sp³-hybridized carbons (Fsp3) is 0.444. The molecule has 1 saturated heterocycles. The predicted octanol–water partition coefficient (Wildman–Crippen LogP) is 3.32. The second-order valence-corrected chi connectivity index (χ2v) is 10.3. The average molecular weight is 506 g/mol. The first-order valence-electron chi connectivity index (χ1n) is 12.6. The van der Waals surface area contributed by atoms with Gasteiger partial charge in [0, 0.05) is 18.5 Å². The summed E-state index contributed by atoms with van der Waals surface area (Å²) in [5, 5.41) is 7.38. The van der Waals surface area contributed by atoms with Gasteiger partial charge in [-0.05, 0) is 62.8 Å². The second-order valence-electron chi connectivity index (χ2n) is 10.3. The van der Waals surface area contributed by atoms with E-state index in [-0.39, 0.29) is 30.8 Å². The van der Waals surface area contributed by atoms with Crippen LogP contribution in [0.2, 0.25) is 0 Å². The molecule has 3 N–H and O–H groups in total. The van der Waals surface area contributed by atoms with Gasteiger partial charge in [0.05, 0.1) is 36.7 Å². The molecule has 1 aliphatic heterocycles. The summed E-state index contributed by atoms with van der Waals surface area (Å²) < 4.78 is 16.8. The van der Waals surface area contributed by atoms with Crippen molar-refractivity contribution in [2.45, 2.75) is 58.2 Å². The number of H-pyrrole nitrogens is 1. The van der Waals surface area contributed by atoms with Gasteiger partial charge >= 0.3 is 13.2 Å². The molecule has 4 rings (SSSR count). The lowest BCUT2D eigenvalue weighted by Crippen LogP contribution is -2.41. The summed E-state index contributed by atoms with van der Waals surface area (Å²) in [4.78, 5) is 30.6. The van der Waals surface area contributed by atoms with E-state index in [0.29, 0.717) is 6.54 Å². The number of benzene rings is 2. The number of unbranched alkanes of at least 4 members (excludes halogenated alkanes) is 1. The molecule has 0 unspecified atom stereocenters. The van der Waals surface area contributed by atoms with Crippen molar-refractivity contribution in [3.05, 3.63) is 48.4 Å². The Morgan fingerprint density at radius 3 is 2.43 bits per heavy atom. The van der Waals surface area contributed by atoms with Crippen LogP contribution in [0.15, 0.2) is 42.6 Å². The van der Waals surface area contributed by atoms with Crippen molar-refractivity contribution in [2.75, 3.05) is 20.2 Å². The van der Waals surface area contributed by atoms with Crippen molar-refractivity contribution in [3.8, 4) is 11.3 Å². The maximum Gasteiger partial charge on any atom is 0.494 e. The van der Waals surface area contributed by atoms with Crippen molar-refractivity contribution >= 4 is 35.4 Å². The lowest BCUT2D eigenvalue weighted by Gasteiger charge is -2.32. The number of hydrogen-bond acceptors (Lipinski definition) is 6. The second kappa shape index (κ2) is 10.9. The fourth-order valence-electron chi connectivity index (χ4n) is 4.13. The van der Waals surface area contributed by atoms with Gasteiger partial charge < -0.3 is 29.7 Å². The van der Waals surface area contributed by atoms with E-state index >= 15 is 0 Å². The Labute approximate surface area is 217 Å². The molecule has 1 aliphatic rings. The van der Waals surface area contributed by atoms with Gasteiger partial charge in [0.25, 0.3) is 0 Å². The summed E-state index contributed by atoms with van der Waals surface area (Å²) in [7, 11) is 0.876. The Hall–Kier alpha value is -3.37. The molecule has 0 aliphatic carbocycles. The van der Waals surface area contributed by atoms with Gasteiger partial charge in [-0.1, -0.05) is 30.3 Å². The van der Waals surface area contributed by atoms with Crippen LogP contribution in [0.3, 0.4) is 0 Å². The highest BCUT2D eigenvalue weighted by atomic mass is 16.7. The van der Waals surface area contributed by atoms with Crippen LogP contribution in [-0.4, -0.2) is 60.5 Å². The van der Waals surface area contributed by atoms with Crippen LogP contribution in [0.25, 0.3) is 22.0 Å². The number of aryl methyl sites for hydroxylation is 1. The minimum absolute atomic E-state index is 0.0974. The largest absolute Gasteiger partial charge is 0.494 e. The Morgan fingerprint density at radius 2 is 1.70 bits per heavy atom. The quantitative estimate of drug-likeness (QED) is 0.303. The molecule has 0 saturated carbocycles. The smallest absolute Gasteiger partial charge is 0.453 e. The number of hydrogen-bond donors (Lipinski definition) is 3. The molecule has 37 heavy (non-hydrogen) atoms. The number of imidazole rings is 1. The van der Waals surface area contributed by atoms with Crippen LogP contribution in [0, 0.1) is 0 Å². The molecule has 9 nitrogen and oxygen atoms in total. The summed E-state index contributed by atoms with van der Waals surface area (Å²) >= 11 is 0. The van der Waals surface area contributed by atoms with E-state index in [4.69, 9.17) is 9.31 Å². The Bertz CT molecular complexity index is 1260. The molecule has 1 aromatic heterocycles. The highest BCUT2D eigenvalue weighted by molar-refractivity contribution is 6.62. The first-order valence-corrected chi connectivity index (χ1v) is 12.6. The van der Waals surface area contributed by atoms with E-state index in [9.17, 15) is 9.59 Å². The molecule has 0 radical (unpaired) electrons. The monoisotopic (exact) mass is 506 g/mol. The first-order chi connectivity index (χ1) is 17.6. The lowest BCUT2D eigenvalue weighted by molar-refractivity contribution is -0.120. The summed E-state index contributed by atoms with van der Waals surface area (Å²) in [5.41, 5.74) is 2.31. The van der Waals surface area contributed by atoms with Crippen LogP contribution in [0.4, 0.5) is 4.79 Å². The van der Waals surface area contributed by atoms with Gasteiger partial charge in [-0.25, -0.2) is 9.78 Å². The van der Waals surface area contributed by atoms with Crippen molar-refractivity contribution in [1.29, 1.82) is 0 Å². The zero-order valence-corrected chi connectivity index (χ0v) is 22.1. The molecular weight excluding hydrogens is 471 g/mol. The number of methoxy groups -OCH3 is 1. The number of fused-ring (bicyclic) bond motifs is 1. The standard InChI is InChI=1S/C27H35BN4O5/c1-26(2)27(3,4)37-28(36-26)21-12-11-18-14-20(10-9-19(18)15-21)22-16-30-23(32-22)8-6-7-13-29-24(33)17-31-25(34)35-5/h9-12,14-16H,6-8,13,17H2,1-5H3,(H,29,33)(H,30,32)(H,31,34). The van der Waals surface area contributed by atoms with Crippen molar-refractivity contribution < 1.29 is 23.6 Å². The van der Waals surface area contributed by atoms with E-state index in [1.54, 1.807) is 0 Å². The maximum absolute atomic E-state index is 11.7.